The van der Waals surface area contributed by atoms with Crippen molar-refractivity contribution in [1.82, 2.24) is 10.2 Å². The minimum absolute atomic E-state index is 0.247. The standard InChI is InChI=1S/C13H28N2O/c1-13(2,11-14-3)12-16-10-9-15-7-5-4-6-8-15/h14H,4-12H2,1-3H3. The van der Waals surface area contributed by atoms with Crippen LogP contribution in [0.1, 0.15) is 33.1 Å². The van der Waals surface area contributed by atoms with Crippen molar-refractivity contribution < 1.29 is 4.74 Å². The number of likely N-dealkylation sites (tertiary alicyclic amines) is 1. The molecule has 0 radical (unpaired) electrons. The van der Waals surface area contributed by atoms with Crippen LogP contribution in [0.15, 0.2) is 0 Å². The average Bonchev–Trinajstić information content (AvgIpc) is 2.26. The Kier molecular flexibility index (Phi) is 6.32. The van der Waals surface area contributed by atoms with E-state index in [0.29, 0.717) is 0 Å². The molecule has 0 amide bonds. The zero-order chi connectivity index (χ0) is 11.9. The summed E-state index contributed by atoms with van der Waals surface area (Å²) in [6, 6.07) is 0. The van der Waals surface area contributed by atoms with Crippen LogP contribution in [-0.4, -0.2) is 51.3 Å². The molecule has 1 saturated heterocycles. The lowest BCUT2D eigenvalue weighted by molar-refractivity contribution is 0.0450. The topological polar surface area (TPSA) is 24.5 Å². The van der Waals surface area contributed by atoms with Crippen LogP contribution in [0.4, 0.5) is 0 Å². The third-order valence-corrected chi connectivity index (χ3v) is 3.15. The van der Waals surface area contributed by atoms with Crippen LogP contribution in [0.2, 0.25) is 0 Å². The molecule has 0 aliphatic carbocycles. The van der Waals surface area contributed by atoms with Gasteiger partial charge < -0.3 is 15.0 Å². The smallest absolute Gasteiger partial charge is 0.0593 e. The second-order valence-electron chi connectivity index (χ2n) is 5.65. The number of hydrogen-bond donors (Lipinski definition) is 1. The number of ether oxygens (including phenoxy) is 1. The summed E-state index contributed by atoms with van der Waals surface area (Å²) < 4.78 is 5.77. The molecular formula is C13H28N2O. The molecule has 1 aliphatic heterocycles. The van der Waals surface area contributed by atoms with Gasteiger partial charge in [-0.3, -0.25) is 0 Å². The lowest BCUT2D eigenvalue weighted by Gasteiger charge is -2.28. The van der Waals surface area contributed by atoms with Gasteiger partial charge in [-0.05, 0) is 33.0 Å². The highest BCUT2D eigenvalue weighted by Gasteiger charge is 2.17. The highest BCUT2D eigenvalue weighted by Crippen LogP contribution is 2.13. The Hall–Kier alpha value is -0.120. The van der Waals surface area contributed by atoms with E-state index in [2.05, 4.69) is 24.1 Å². The van der Waals surface area contributed by atoms with Crippen LogP contribution < -0.4 is 5.32 Å². The minimum Gasteiger partial charge on any atom is -0.380 e. The Morgan fingerprint density at radius 1 is 1.19 bits per heavy atom. The van der Waals surface area contributed by atoms with E-state index in [1.165, 1.54) is 32.4 Å². The van der Waals surface area contributed by atoms with Crippen LogP contribution in [0.5, 0.6) is 0 Å². The Balaban J connectivity index is 2.02. The molecule has 3 nitrogen and oxygen atoms in total. The van der Waals surface area contributed by atoms with Crippen molar-refractivity contribution in [3.05, 3.63) is 0 Å². The lowest BCUT2D eigenvalue weighted by atomic mass is 9.95. The number of nitrogens with zero attached hydrogens (tertiary/aromatic N) is 1. The van der Waals surface area contributed by atoms with Gasteiger partial charge in [-0.2, -0.15) is 0 Å². The zero-order valence-corrected chi connectivity index (χ0v) is 11.2. The van der Waals surface area contributed by atoms with Gasteiger partial charge in [-0.15, -0.1) is 0 Å². The fraction of sp³-hybridized carbons (Fsp3) is 1.00. The number of nitrogens with one attached hydrogen (secondary N) is 1. The second-order valence-corrected chi connectivity index (χ2v) is 5.65. The molecule has 1 N–H and O–H groups in total. The van der Waals surface area contributed by atoms with Crippen LogP contribution in [-0.2, 0) is 4.74 Å². The van der Waals surface area contributed by atoms with Gasteiger partial charge >= 0.3 is 0 Å². The molecular weight excluding hydrogens is 200 g/mol. The van der Waals surface area contributed by atoms with E-state index in [0.717, 1.165) is 26.3 Å². The molecule has 0 saturated carbocycles. The third-order valence-electron chi connectivity index (χ3n) is 3.15. The molecule has 0 aromatic heterocycles. The summed E-state index contributed by atoms with van der Waals surface area (Å²) in [5, 5.41) is 3.21. The monoisotopic (exact) mass is 228 g/mol. The van der Waals surface area contributed by atoms with E-state index in [9.17, 15) is 0 Å². The van der Waals surface area contributed by atoms with Crippen LogP contribution in [0, 0.1) is 5.41 Å². The van der Waals surface area contributed by atoms with Crippen LogP contribution >= 0.6 is 0 Å². The number of piperidine rings is 1. The first-order chi connectivity index (χ1) is 7.64. The normalized spacial score (nSPS) is 18.9. The summed E-state index contributed by atoms with van der Waals surface area (Å²) in [5.41, 5.74) is 0.247. The highest BCUT2D eigenvalue weighted by atomic mass is 16.5. The van der Waals surface area contributed by atoms with Crippen molar-refractivity contribution in [2.75, 3.05) is 46.4 Å². The lowest BCUT2D eigenvalue weighted by Crippen LogP contribution is -2.35. The SMILES string of the molecule is CNCC(C)(C)COCCN1CCCCC1. The minimum atomic E-state index is 0.247. The molecule has 16 heavy (non-hydrogen) atoms. The fourth-order valence-electron chi connectivity index (χ4n) is 2.25. The van der Waals surface area contributed by atoms with Gasteiger partial charge in [-0.25, -0.2) is 0 Å². The summed E-state index contributed by atoms with van der Waals surface area (Å²) >= 11 is 0. The van der Waals surface area contributed by atoms with E-state index in [-0.39, 0.29) is 5.41 Å². The van der Waals surface area contributed by atoms with E-state index >= 15 is 0 Å². The molecule has 0 bridgehead atoms. The summed E-state index contributed by atoms with van der Waals surface area (Å²) in [6.45, 7) is 10.9. The van der Waals surface area contributed by atoms with Gasteiger partial charge in [0.25, 0.3) is 0 Å². The predicted molar refractivity (Wildman–Crippen MR) is 68.8 cm³/mol. The van der Waals surface area contributed by atoms with Gasteiger partial charge in [0.2, 0.25) is 0 Å². The van der Waals surface area contributed by atoms with E-state index < -0.39 is 0 Å². The molecule has 0 atom stereocenters. The number of rotatable bonds is 7. The van der Waals surface area contributed by atoms with Gasteiger partial charge in [0, 0.05) is 18.5 Å². The quantitative estimate of drug-likeness (QED) is 0.672. The predicted octanol–water partition coefficient (Wildman–Crippen LogP) is 1.73. The van der Waals surface area contributed by atoms with Crippen molar-refractivity contribution >= 4 is 0 Å². The van der Waals surface area contributed by atoms with E-state index in [1.807, 2.05) is 7.05 Å². The first kappa shape index (κ1) is 13.9. The first-order valence-electron chi connectivity index (χ1n) is 6.59. The summed E-state index contributed by atoms with van der Waals surface area (Å²) in [7, 11) is 2.00. The Bertz CT molecular complexity index is 177. The summed E-state index contributed by atoms with van der Waals surface area (Å²) in [5.74, 6) is 0. The van der Waals surface area contributed by atoms with Gasteiger partial charge in [-0.1, -0.05) is 20.3 Å². The summed E-state index contributed by atoms with van der Waals surface area (Å²) in [6.07, 6.45) is 4.14. The van der Waals surface area contributed by atoms with Crippen molar-refractivity contribution in [3.8, 4) is 0 Å². The highest BCUT2D eigenvalue weighted by molar-refractivity contribution is 4.70. The van der Waals surface area contributed by atoms with E-state index in [1.54, 1.807) is 0 Å². The van der Waals surface area contributed by atoms with Crippen molar-refractivity contribution in [3.63, 3.8) is 0 Å². The maximum Gasteiger partial charge on any atom is 0.0593 e. The first-order valence-corrected chi connectivity index (χ1v) is 6.59. The molecule has 1 fully saturated rings. The molecule has 96 valence electrons. The molecule has 0 unspecified atom stereocenters. The zero-order valence-electron chi connectivity index (χ0n) is 11.2. The van der Waals surface area contributed by atoms with E-state index in [4.69, 9.17) is 4.74 Å². The number of hydrogen-bond acceptors (Lipinski definition) is 3. The molecule has 1 aliphatic rings. The maximum absolute atomic E-state index is 5.77. The van der Waals surface area contributed by atoms with Crippen molar-refractivity contribution in [1.29, 1.82) is 0 Å². The van der Waals surface area contributed by atoms with Gasteiger partial charge in [0.15, 0.2) is 0 Å². The average molecular weight is 228 g/mol. The summed E-state index contributed by atoms with van der Waals surface area (Å²) in [4.78, 5) is 2.52. The van der Waals surface area contributed by atoms with Crippen molar-refractivity contribution in [2.24, 2.45) is 5.41 Å². The molecule has 3 heteroatoms. The Labute approximate surface area is 101 Å². The molecule has 0 spiro atoms. The molecule has 1 heterocycles. The van der Waals surface area contributed by atoms with Crippen LogP contribution in [0.25, 0.3) is 0 Å². The molecule has 1 rings (SSSR count). The largest absolute Gasteiger partial charge is 0.380 e. The Morgan fingerprint density at radius 2 is 1.88 bits per heavy atom. The fourth-order valence-corrected chi connectivity index (χ4v) is 2.25. The molecule has 0 aromatic carbocycles. The Morgan fingerprint density at radius 3 is 2.50 bits per heavy atom. The third kappa shape index (κ3) is 5.83. The van der Waals surface area contributed by atoms with Gasteiger partial charge in [0.05, 0.1) is 13.2 Å². The molecule has 0 aromatic rings. The van der Waals surface area contributed by atoms with Crippen molar-refractivity contribution in [2.45, 2.75) is 33.1 Å². The van der Waals surface area contributed by atoms with Gasteiger partial charge in [0.1, 0.15) is 0 Å². The van der Waals surface area contributed by atoms with Crippen LogP contribution in [0.3, 0.4) is 0 Å². The maximum atomic E-state index is 5.77. The second kappa shape index (κ2) is 7.25.